The van der Waals surface area contributed by atoms with Gasteiger partial charge in [-0.2, -0.15) is 0 Å². The van der Waals surface area contributed by atoms with Gasteiger partial charge in [0, 0.05) is 20.2 Å². The summed E-state index contributed by atoms with van der Waals surface area (Å²) in [5.74, 6) is 0.508. The van der Waals surface area contributed by atoms with Crippen molar-refractivity contribution in [2.45, 2.75) is 26.3 Å². The lowest BCUT2D eigenvalue weighted by molar-refractivity contribution is 0.199. The lowest BCUT2D eigenvalue weighted by Crippen LogP contribution is -2.18. The van der Waals surface area contributed by atoms with E-state index in [1.165, 1.54) is 5.56 Å². The summed E-state index contributed by atoms with van der Waals surface area (Å²) in [5, 5.41) is 11.6. The van der Waals surface area contributed by atoms with Crippen molar-refractivity contribution in [3.8, 4) is 5.69 Å². The van der Waals surface area contributed by atoms with Gasteiger partial charge in [0.25, 0.3) is 0 Å². The van der Waals surface area contributed by atoms with E-state index in [1.807, 2.05) is 16.9 Å². The Labute approximate surface area is 120 Å². The van der Waals surface area contributed by atoms with Crippen molar-refractivity contribution in [1.29, 1.82) is 0 Å². The fraction of sp³-hybridized carbons (Fsp3) is 0.467. The van der Waals surface area contributed by atoms with E-state index >= 15 is 0 Å². The number of nitrogens with one attached hydrogen (secondary N) is 1. The average Bonchev–Trinajstić information content (AvgIpc) is 2.92. The van der Waals surface area contributed by atoms with E-state index in [4.69, 9.17) is 4.74 Å². The average molecular weight is 274 g/mol. The molecule has 0 saturated heterocycles. The van der Waals surface area contributed by atoms with Crippen LogP contribution in [0.4, 0.5) is 0 Å². The summed E-state index contributed by atoms with van der Waals surface area (Å²) in [4.78, 5) is 0. The summed E-state index contributed by atoms with van der Waals surface area (Å²) < 4.78 is 6.80. The van der Waals surface area contributed by atoms with Gasteiger partial charge in [-0.05, 0) is 23.6 Å². The minimum atomic E-state index is 0.508. The molecule has 5 nitrogen and oxygen atoms in total. The van der Waals surface area contributed by atoms with Crippen molar-refractivity contribution in [2.24, 2.45) is 0 Å². The van der Waals surface area contributed by atoms with E-state index in [9.17, 15) is 0 Å². The molecule has 0 aliphatic rings. The topological polar surface area (TPSA) is 52.0 Å². The molecule has 0 saturated carbocycles. The summed E-state index contributed by atoms with van der Waals surface area (Å²) in [6, 6.07) is 8.39. The molecule has 0 aliphatic heterocycles. The maximum absolute atomic E-state index is 4.99. The number of aromatic nitrogens is 3. The summed E-state index contributed by atoms with van der Waals surface area (Å²) >= 11 is 0. The zero-order valence-electron chi connectivity index (χ0n) is 12.3. The van der Waals surface area contributed by atoms with E-state index < -0.39 is 0 Å². The summed E-state index contributed by atoms with van der Waals surface area (Å²) in [6.07, 6.45) is 1.96. The van der Waals surface area contributed by atoms with Gasteiger partial charge in [-0.15, -0.1) is 5.10 Å². The van der Waals surface area contributed by atoms with Crippen LogP contribution in [0.1, 0.15) is 31.0 Å². The van der Waals surface area contributed by atoms with Crippen molar-refractivity contribution in [1.82, 2.24) is 20.3 Å². The highest BCUT2D eigenvalue weighted by Crippen LogP contribution is 2.17. The molecule has 1 aromatic carbocycles. The highest BCUT2D eigenvalue weighted by Gasteiger charge is 2.05. The van der Waals surface area contributed by atoms with Gasteiger partial charge in [-0.25, -0.2) is 4.68 Å². The molecular formula is C15H22N4O. The lowest BCUT2D eigenvalue weighted by atomic mass is 10.0. The molecule has 0 fully saturated rings. The fourth-order valence-electron chi connectivity index (χ4n) is 1.92. The van der Waals surface area contributed by atoms with Crippen LogP contribution in [0.5, 0.6) is 0 Å². The number of hydrogen-bond acceptors (Lipinski definition) is 4. The number of nitrogens with zero attached hydrogens (tertiary/aromatic N) is 3. The van der Waals surface area contributed by atoms with Crippen molar-refractivity contribution < 1.29 is 4.74 Å². The molecule has 2 aromatic rings. The molecule has 2 rings (SSSR count). The molecule has 0 unspecified atom stereocenters. The van der Waals surface area contributed by atoms with E-state index in [0.717, 1.165) is 17.9 Å². The molecule has 0 radical (unpaired) electrons. The first kappa shape index (κ1) is 14.7. The third-order valence-electron chi connectivity index (χ3n) is 3.13. The molecule has 1 aromatic heterocycles. The third kappa shape index (κ3) is 3.88. The standard InChI is InChI=1S/C15H22N4O/c1-12(2)13-5-4-6-15(9-13)19-11-14(17-18-19)10-16-7-8-20-3/h4-6,9,11-12,16H,7-8,10H2,1-3H3. The SMILES string of the molecule is COCCNCc1cn(-c2cccc(C(C)C)c2)nn1. The van der Waals surface area contributed by atoms with Gasteiger partial charge in [0.15, 0.2) is 0 Å². The highest BCUT2D eigenvalue weighted by atomic mass is 16.5. The zero-order chi connectivity index (χ0) is 14.4. The second-order valence-electron chi connectivity index (χ2n) is 5.07. The number of hydrogen-bond donors (Lipinski definition) is 1. The molecule has 0 bridgehead atoms. The Balaban J connectivity index is 2.03. The molecule has 0 atom stereocenters. The van der Waals surface area contributed by atoms with E-state index in [1.54, 1.807) is 7.11 Å². The van der Waals surface area contributed by atoms with Gasteiger partial charge in [0.1, 0.15) is 0 Å². The van der Waals surface area contributed by atoms with Crippen LogP contribution in [0.3, 0.4) is 0 Å². The molecule has 20 heavy (non-hydrogen) atoms. The van der Waals surface area contributed by atoms with Crippen molar-refractivity contribution in [3.63, 3.8) is 0 Å². The summed E-state index contributed by atoms with van der Waals surface area (Å²) in [5.41, 5.74) is 3.28. The summed E-state index contributed by atoms with van der Waals surface area (Å²) in [6.45, 7) is 6.58. The molecule has 1 heterocycles. The molecule has 5 heteroatoms. The van der Waals surface area contributed by atoms with Crippen molar-refractivity contribution in [2.75, 3.05) is 20.3 Å². The van der Waals surface area contributed by atoms with Crippen molar-refractivity contribution >= 4 is 0 Å². The molecule has 0 amide bonds. The third-order valence-corrected chi connectivity index (χ3v) is 3.13. The predicted octanol–water partition coefficient (Wildman–Crippen LogP) is 2.13. The van der Waals surface area contributed by atoms with E-state index in [0.29, 0.717) is 19.1 Å². The first-order valence-corrected chi connectivity index (χ1v) is 6.92. The second kappa shape index (κ2) is 7.17. The first-order valence-electron chi connectivity index (χ1n) is 6.92. The highest BCUT2D eigenvalue weighted by molar-refractivity contribution is 5.36. The van der Waals surface area contributed by atoms with Gasteiger partial charge in [-0.1, -0.05) is 31.2 Å². The van der Waals surface area contributed by atoms with Crippen molar-refractivity contribution in [3.05, 3.63) is 41.7 Å². The number of methoxy groups -OCH3 is 1. The lowest BCUT2D eigenvalue weighted by Gasteiger charge is -2.07. The predicted molar refractivity (Wildman–Crippen MR) is 79.0 cm³/mol. The molecule has 108 valence electrons. The Bertz CT molecular complexity index is 536. The zero-order valence-corrected chi connectivity index (χ0v) is 12.3. The monoisotopic (exact) mass is 274 g/mol. The fourth-order valence-corrected chi connectivity index (χ4v) is 1.92. The van der Waals surface area contributed by atoms with Crippen LogP contribution in [-0.2, 0) is 11.3 Å². The quantitative estimate of drug-likeness (QED) is 0.786. The Morgan fingerprint density at radius 3 is 2.95 bits per heavy atom. The van der Waals surface area contributed by atoms with Gasteiger partial charge in [-0.3, -0.25) is 0 Å². The van der Waals surface area contributed by atoms with Crippen LogP contribution < -0.4 is 5.32 Å². The molecule has 1 N–H and O–H groups in total. The van der Waals surface area contributed by atoms with Gasteiger partial charge in [0.2, 0.25) is 0 Å². The van der Waals surface area contributed by atoms with Crippen LogP contribution in [0.2, 0.25) is 0 Å². The first-order chi connectivity index (χ1) is 9.70. The van der Waals surface area contributed by atoms with E-state index in [2.05, 4.69) is 47.7 Å². The smallest absolute Gasteiger partial charge is 0.0969 e. The Morgan fingerprint density at radius 1 is 1.35 bits per heavy atom. The maximum atomic E-state index is 4.99. The maximum Gasteiger partial charge on any atom is 0.0969 e. The van der Waals surface area contributed by atoms with Crippen LogP contribution in [0.15, 0.2) is 30.5 Å². The van der Waals surface area contributed by atoms with Gasteiger partial charge < -0.3 is 10.1 Å². The minimum Gasteiger partial charge on any atom is -0.383 e. The number of ether oxygens (including phenoxy) is 1. The van der Waals surface area contributed by atoms with Gasteiger partial charge >= 0.3 is 0 Å². The van der Waals surface area contributed by atoms with Crippen LogP contribution in [0, 0.1) is 0 Å². The number of rotatable bonds is 7. The minimum absolute atomic E-state index is 0.508. The Hall–Kier alpha value is -1.72. The van der Waals surface area contributed by atoms with Crippen LogP contribution in [-0.4, -0.2) is 35.3 Å². The Morgan fingerprint density at radius 2 is 2.20 bits per heavy atom. The van der Waals surface area contributed by atoms with Crippen LogP contribution in [0.25, 0.3) is 5.69 Å². The molecular weight excluding hydrogens is 252 g/mol. The van der Waals surface area contributed by atoms with Crippen LogP contribution >= 0.6 is 0 Å². The van der Waals surface area contributed by atoms with Gasteiger partial charge in [0.05, 0.1) is 24.2 Å². The van der Waals surface area contributed by atoms with E-state index in [-0.39, 0.29) is 0 Å². The number of benzene rings is 1. The molecule has 0 aliphatic carbocycles. The molecule has 0 spiro atoms. The second-order valence-corrected chi connectivity index (χ2v) is 5.07. The normalized spacial score (nSPS) is 11.2. The Kier molecular flexibility index (Phi) is 5.26. The summed E-state index contributed by atoms with van der Waals surface area (Å²) in [7, 11) is 1.69. The largest absolute Gasteiger partial charge is 0.383 e.